The molecule has 31 heavy (non-hydrogen) atoms. The fourth-order valence-electron chi connectivity index (χ4n) is 2.49. The monoisotopic (exact) mass is 496 g/mol. The van der Waals surface area contributed by atoms with Crippen molar-refractivity contribution in [1.29, 1.82) is 0 Å². The third kappa shape index (κ3) is 7.73. The minimum atomic E-state index is -1.56. The number of rotatable bonds is 10. The van der Waals surface area contributed by atoms with Crippen molar-refractivity contribution in [3.8, 4) is 11.5 Å². The first-order valence-corrected chi connectivity index (χ1v) is 15.5. The van der Waals surface area contributed by atoms with Gasteiger partial charge in [0.25, 0.3) is 0 Å². The number of hydrogen-bond acceptors (Lipinski definition) is 6. The Bertz CT molecular complexity index is 968. The molecule has 0 saturated heterocycles. The molecule has 0 fully saturated rings. The Balaban J connectivity index is 2.07. The Morgan fingerprint density at radius 1 is 0.968 bits per heavy atom. The third-order valence-corrected chi connectivity index (χ3v) is 10.7. The van der Waals surface area contributed by atoms with E-state index in [0.29, 0.717) is 0 Å². The predicted molar refractivity (Wildman–Crippen MR) is 142 cm³/mol. The summed E-state index contributed by atoms with van der Waals surface area (Å²) in [5, 5.41) is 17.8. The van der Waals surface area contributed by atoms with Crippen molar-refractivity contribution in [2.75, 3.05) is 20.8 Å². The first kappa shape index (κ1) is 25.5. The molecule has 6 nitrogen and oxygen atoms in total. The van der Waals surface area contributed by atoms with Crippen LogP contribution in [-0.2, 0) is 23.6 Å². The molecule has 2 aromatic carbocycles. The summed E-state index contributed by atoms with van der Waals surface area (Å²) >= 11 is 11.1. The minimum Gasteiger partial charge on any atom is -0.508 e. The highest BCUT2D eigenvalue weighted by Gasteiger charge is 2.31. The first-order valence-electron chi connectivity index (χ1n) is 9.83. The Kier molecular flexibility index (Phi) is 9.70. The van der Waals surface area contributed by atoms with E-state index in [1.165, 1.54) is 0 Å². The fourth-order valence-corrected chi connectivity index (χ4v) is 4.91. The van der Waals surface area contributed by atoms with Crippen LogP contribution >= 0.6 is 13.7 Å². The second kappa shape index (κ2) is 11.8. The van der Waals surface area contributed by atoms with Gasteiger partial charge < -0.3 is 9.84 Å². The molecule has 0 radical (unpaired) electrons. The van der Waals surface area contributed by atoms with E-state index in [9.17, 15) is 5.11 Å². The van der Waals surface area contributed by atoms with Gasteiger partial charge in [0.1, 0.15) is 16.8 Å². The SMILES string of the molecule is CCC(C)(Oc1ccc(C=NN(C)[PH](C)=S)cc1)[PH](=S)N(C)N=Cc1ccc(O)cc1. The second-order valence-electron chi connectivity index (χ2n) is 7.21. The van der Waals surface area contributed by atoms with Gasteiger partial charge in [-0.25, -0.2) is 0 Å². The van der Waals surface area contributed by atoms with Crippen LogP contribution in [0, 0.1) is 0 Å². The minimum absolute atomic E-state index is 0.228. The van der Waals surface area contributed by atoms with Gasteiger partial charge in [-0.1, -0.05) is 30.5 Å². The van der Waals surface area contributed by atoms with Crippen molar-refractivity contribution in [2.24, 2.45) is 10.2 Å². The van der Waals surface area contributed by atoms with Crippen molar-refractivity contribution >= 4 is 49.7 Å². The van der Waals surface area contributed by atoms with Crippen LogP contribution in [0.1, 0.15) is 31.4 Å². The molecule has 3 atom stereocenters. The molecular formula is C21H30N4O2P2S2. The Morgan fingerprint density at radius 2 is 1.45 bits per heavy atom. The average Bonchev–Trinajstić information content (AvgIpc) is 2.77. The largest absolute Gasteiger partial charge is 0.508 e. The maximum absolute atomic E-state index is 9.40. The van der Waals surface area contributed by atoms with Crippen LogP contribution in [0.4, 0.5) is 0 Å². The smallest absolute Gasteiger partial charge is 0.149 e. The molecule has 0 aliphatic rings. The summed E-state index contributed by atoms with van der Waals surface area (Å²) in [5.74, 6) is 0.993. The Labute approximate surface area is 196 Å². The van der Waals surface area contributed by atoms with Gasteiger partial charge in [-0.15, -0.1) is 0 Å². The van der Waals surface area contributed by atoms with E-state index in [-0.39, 0.29) is 5.75 Å². The number of ether oxygens (including phenoxy) is 1. The van der Waals surface area contributed by atoms with Crippen LogP contribution in [0.25, 0.3) is 0 Å². The summed E-state index contributed by atoms with van der Waals surface area (Å²) in [6.07, 6.45) is 4.30. The average molecular weight is 497 g/mol. The zero-order valence-electron chi connectivity index (χ0n) is 18.4. The van der Waals surface area contributed by atoms with Crippen LogP contribution in [0.5, 0.6) is 11.5 Å². The molecule has 10 heteroatoms. The van der Waals surface area contributed by atoms with Crippen LogP contribution in [0.2, 0.25) is 0 Å². The van der Waals surface area contributed by atoms with E-state index in [1.54, 1.807) is 36.7 Å². The standard InChI is InChI=1S/C21H30N4O2P2S2/c1-6-21(2,29(31)25(4)23-16-17-7-11-19(26)12-8-17)27-20-13-9-18(10-14-20)15-22-24(3)28(5)30/h7-16,26,28-29H,6H2,1-5H3. The van der Waals surface area contributed by atoms with Gasteiger partial charge in [0.05, 0.1) is 19.3 Å². The molecule has 0 saturated carbocycles. The maximum atomic E-state index is 9.40. The molecule has 0 spiro atoms. The highest BCUT2D eigenvalue weighted by molar-refractivity contribution is 8.04. The fraction of sp³-hybridized carbons (Fsp3) is 0.333. The van der Waals surface area contributed by atoms with Gasteiger partial charge in [-0.2, -0.15) is 10.2 Å². The van der Waals surface area contributed by atoms with Crippen LogP contribution < -0.4 is 4.74 Å². The van der Waals surface area contributed by atoms with E-state index < -0.39 is 19.0 Å². The molecule has 2 aromatic rings. The summed E-state index contributed by atoms with van der Waals surface area (Å²) in [6.45, 7) is 3.56. The molecule has 168 valence electrons. The molecule has 0 amide bonds. The normalized spacial score (nSPS) is 15.5. The van der Waals surface area contributed by atoms with Gasteiger partial charge >= 0.3 is 0 Å². The van der Waals surface area contributed by atoms with Crippen molar-refractivity contribution < 1.29 is 9.84 Å². The van der Waals surface area contributed by atoms with E-state index in [4.69, 9.17) is 28.4 Å². The van der Waals surface area contributed by atoms with E-state index >= 15 is 0 Å². The number of benzene rings is 2. The van der Waals surface area contributed by atoms with Crippen LogP contribution in [0.3, 0.4) is 0 Å². The van der Waals surface area contributed by atoms with Crippen molar-refractivity contribution in [2.45, 2.75) is 25.6 Å². The lowest BCUT2D eigenvalue weighted by Gasteiger charge is -2.34. The second-order valence-corrected chi connectivity index (χ2v) is 14.1. The summed E-state index contributed by atoms with van der Waals surface area (Å²) in [5.41, 5.74) is 1.87. The van der Waals surface area contributed by atoms with Gasteiger partial charge in [0.15, 0.2) is 0 Å². The molecular weight excluding hydrogens is 466 g/mol. The molecule has 0 bridgehead atoms. The number of phenols is 1. The number of aromatic hydroxyl groups is 1. The van der Waals surface area contributed by atoms with Crippen LogP contribution in [0.15, 0.2) is 58.7 Å². The summed E-state index contributed by atoms with van der Waals surface area (Å²) in [7, 11) is 3.78. The van der Waals surface area contributed by atoms with Crippen molar-refractivity contribution in [1.82, 2.24) is 9.56 Å². The Hall–Kier alpha value is -1.72. The molecule has 0 aliphatic heterocycles. The summed E-state index contributed by atoms with van der Waals surface area (Å²) in [4.78, 5) is 0. The van der Waals surface area contributed by atoms with E-state index in [0.717, 1.165) is 23.3 Å². The molecule has 0 aromatic heterocycles. The van der Waals surface area contributed by atoms with Crippen LogP contribution in [-0.4, -0.2) is 53.2 Å². The first-order chi connectivity index (χ1) is 14.6. The topological polar surface area (TPSA) is 60.7 Å². The maximum Gasteiger partial charge on any atom is 0.149 e. The van der Waals surface area contributed by atoms with Gasteiger partial charge in [-0.05, 0) is 79.7 Å². The number of hydrogen-bond donors (Lipinski definition) is 1. The van der Waals surface area contributed by atoms with Gasteiger partial charge in [0.2, 0.25) is 0 Å². The Morgan fingerprint density at radius 3 is 1.94 bits per heavy atom. The molecule has 1 N–H and O–H groups in total. The predicted octanol–water partition coefficient (Wildman–Crippen LogP) is 4.94. The molecule has 0 aliphatic carbocycles. The number of phenolic OH excluding ortho intramolecular Hbond substituents is 1. The lowest BCUT2D eigenvalue weighted by atomic mass is 10.2. The highest BCUT2D eigenvalue weighted by Crippen LogP contribution is 2.45. The number of hydrazone groups is 2. The zero-order chi connectivity index (χ0) is 23.0. The van der Waals surface area contributed by atoms with Crippen molar-refractivity contribution in [3.63, 3.8) is 0 Å². The summed E-state index contributed by atoms with van der Waals surface area (Å²) < 4.78 is 10.0. The summed E-state index contributed by atoms with van der Waals surface area (Å²) in [6, 6.07) is 14.7. The third-order valence-electron chi connectivity index (χ3n) is 4.75. The lowest BCUT2D eigenvalue weighted by molar-refractivity contribution is 0.171. The number of nitrogens with zero attached hydrogens (tertiary/aromatic N) is 4. The van der Waals surface area contributed by atoms with E-state index in [2.05, 4.69) is 17.1 Å². The quantitative estimate of drug-likeness (QED) is 0.286. The highest BCUT2D eigenvalue weighted by atomic mass is 32.4. The molecule has 2 rings (SSSR count). The molecule has 3 unspecified atom stereocenters. The van der Waals surface area contributed by atoms with Crippen molar-refractivity contribution in [3.05, 3.63) is 59.7 Å². The van der Waals surface area contributed by atoms with Gasteiger partial charge in [0, 0.05) is 20.9 Å². The van der Waals surface area contributed by atoms with E-state index in [1.807, 2.05) is 61.5 Å². The van der Waals surface area contributed by atoms with Gasteiger partial charge in [-0.3, -0.25) is 9.56 Å². The lowest BCUT2D eigenvalue weighted by Crippen LogP contribution is -2.30. The zero-order valence-corrected chi connectivity index (χ0v) is 22.1. The molecule has 0 heterocycles.